The van der Waals surface area contributed by atoms with E-state index in [1.807, 2.05) is 0 Å². The van der Waals surface area contributed by atoms with Gasteiger partial charge in [-0.05, 0) is 6.92 Å². The largest absolute Gasteiger partial charge is 0.481 e. The molecule has 0 radical (unpaired) electrons. The Hall–Kier alpha value is -1.98. The molecule has 0 heterocycles. The second-order valence-electron chi connectivity index (χ2n) is 3.97. The van der Waals surface area contributed by atoms with Crippen LogP contribution in [0.15, 0.2) is 30.3 Å². The van der Waals surface area contributed by atoms with Crippen molar-refractivity contribution in [2.24, 2.45) is 0 Å². The molecule has 6 heteroatoms. The van der Waals surface area contributed by atoms with Crippen LogP contribution in [-0.4, -0.2) is 35.0 Å². The molecule has 19 heavy (non-hydrogen) atoms. The van der Waals surface area contributed by atoms with Crippen LogP contribution >= 0.6 is 0 Å². The number of carboxylic acids is 1. The van der Waals surface area contributed by atoms with Crippen molar-refractivity contribution in [2.45, 2.75) is 19.3 Å². The van der Waals surface area contributed by atoms with Crippen molar-refractivity contribution < 1.29 is 23.5 Å². The maximum Gasteiger partial charge on any atom is 0.349 e. The molecule has 1 aromatic rings. The van der Waals surface area contributed by atoms with Crippen molar-refractivity contribution >= 4 is 11.9 Å². The molecular weight excluding hydrogens is 256 g/mol. The zero-order chi connectivity index (χ0) is 14.5. The maximum atomic E-state index is 14.0. The van der Waals surface area contributed by atoms with E-state index in [2.05, 4.69) is 0 Å². The Balaban J connectivity index is 2.87. The highest BCUT2D eigenvalue weighted by atomic mass is 19.3. The third-order valence-electron chi connectivity index (χ3n) is 2.67. The smallest absolute Gasteiger partial charge is 0.349 e. The molecule has 0 aromatic heterocycles. The van der Waals surface area contributed by atoms with Crippen LogP contribution in [0.5, 0.6) is 0 Å². The minimum Gasteiger partial charge on any atom is -0.481 e. The molecule has 0 saturated carbocycles. The molecule has 0 spiro atoms. The Bertz CT molecular complexity index is 448. The number of nitrogens with zero attached hydrogens (tertiary/aromatic N) is 1. The first-order chi connectivity index (χ1) is 8.89. The van der Waals surface area contributed by atoms with Crippen molar-refractivity contribution in [3.05, 3.63) is 35.9 Å². The van der Waals surface area contributed by atoms with E-state index in [4.69, 9.17) is 5.11 Å². The molecule has 0 aliphatic carbocycles. The third-order valence-corrected chi connectivity index (χ3v) is 2.67. The second-order valence-corrected chi connectivity index (χ2v) is 3.97. The molecule has 0 fully saturated rings. The summed E-state index contributed by atoms with van der Waals surface area (Å²) in [5.41, 5.74) is -0.395. The van der Waals surface area contributed by atoms with E-state index in [1.54, 1.807) is 6.07 Å². The number of likely N-dealkylation sites (N-methyl/N-ethyl adjacent to an activating group) is 1. The zero-order valence-corrected chi connectivity index (χ0v) is 10.5. The summed E-state index contributed by atoms with van der Waals surface area (Å²) in [6.45, 7) is 1.34. The fraction of sp³-hybridized carbons (Fsp3) is 0.385. The van der Waals surface area contributed by atoms with Crippen LogP contribution in [0.2, 0.25) is 0 Å². The number of aliphatic carboxylic acids is 1. The van der Waals surface area contributed by atoms with Gasteiger partial charge in [-0.15, -0.1) is 0 Å². The lowest BCUT2D eigenvalue weighted by molar-refractivity contribution is -0.159. The second kappa shape index (κ2) is 6.26. The quantitative estimate of drug-likeness (QED) is 0.862. The molecule has 0 saturated heterocycles. The lowest BCUT2D eigenvalue weighted by atomic mass is 10.1. The molecule has 0 aliphatic rings. The molecular formula is C13H15F2NO3. The summed E-state index contributed by atoms with van der Waals surface area (Å²) in [5, 5.41) is 8.53. The molecule has 104 valence electrons. The van der Waals surface area contributed by atoms with Gasteiger partial charge < -0.3 is 10.0 Å². The zero-order valence-electron chi connectivity index (χ0n) is 10.5. The van der Waals surface area contributed by atoms with E-state index in [0.29, 0.717) is 0 Å². The average molecular weight is 271 g/mol. The van der Waals surface area contributed by atoms with Crippen LogP contribution in [0.1, 0.15) is 18.9 Å². The fourth-order valence-electron chi connectivity index (χ4n) is 1.60. The number of amides is 1. The van der Waals surface area contributed by atoms with Crippen LogP contribution in [-0.2, 0) is 15.5 Å². The number of hydrogen-bond donors (Lipinski definition) is 1. The first-order valence-corrected chi connectivity index (χ1v) is 5.84. The lowest BCUT2D eigenvalue weighted by Gasteiger charge is -2.25. The number of halogens is 2. The maximum absolute atomic E-state index is 14.0. The normalized spacial score (nSPS) is 11.1. The molecule has 1 rings (SSSR count). The van der Waals surface area contributed by atoms with E-state index in [1.165, 1.54) is 31.2 Å². The highest BCUT2D eigenvalue weighted by molar-refractivity contribution is 5.85. The summed E-state index contributed by atoms with van der Waals surface area (Å²) in [7, 11) is 0. The highest BCUT2D eigenvalue weighted by Gasteiger charge is 2.43. The van der Waals surface area contributed by atoms with Crippen LogP contribution < -0.4 is 0 Å². The van der Waals surface area contributed by atoms with Crippen molar-refractivity contribution in [1.82, 2.24) is 4.90 Å². The number of carbonyl (C=O) groups is 2. The highest BCUT2D eigenvalue weighted by Crippen LogP contribution is 2.30. The monoisotopic (exact) mass is 271 g/mol. The standard InChI is InChI=1S/C13H15F2NO3/c1-2-16(9-8-11(17)18)12(19)13(14,15)10-6-4-3-5-7-10/h3-7H,2,8-9H2,1H3,(H,17,18). The van der Waals surface area contributed by atoms with Gasteiger partial charge in [0.25, 0.3) is 5.91 Å². The van der Waals surface area contributed by atoms with Gasteiger partial charge in [0.2, 0.25) is 0 Å². The number of alkyl halides is 2. The molecule has 0 aliphatic heterocycles. The molecule has 1 aromatic carbocycles. The van der Waals surface area contributed by atoms with Crippen molar-refractivity contribution in [3.63, 3.8) is 0 Å². The summed E-state index contributed by atoms with van der Waals surface area (Å²) in [6.07, 6.45) is -0.357. The SMILES string of the molecule is CCN(CCC(=O)O)C(=O)C(F)(F)c1ccccc1. The Morgan fingerprint density at radius 1 is 1.26 bits per heavy atom. The van der Waals surface area contributed by atoms with Gasteiger partial charge in [0.15, 0.2) is 0 Å². The van der Waals surface area contributed by atoms with Gasteiger partial charge in [-0.3, -0.25) is 9.59 Å². The van der Waals surface area contributed by atoms with Crippen LogP contribution in [0, 0.1) is 0 Å². The summed E-state index contributed by atoms with van der Waals surface area (Å²) >= 11 is 0. The summed E-state index contributed by atoms with van der Waals surface area (Å²) in [4.78, 5) is 23.1. The van der Waals surface area contributed by atoms with E-state index in [0.717, 1.165) is 4.90 Å². The van der Waals surface area contributed by atoms with Gasteiger partial charge in [0, 0.05) is 18.7 Å². The summed E-state index contributed by atoms with van der Waals surface area (Å²) < 4.78 is 27.9. The van der Waals surface area contributed by atoms with Crippen molar-refractivity contribution in [3.8, 4) is 0 Å². The number of rotatable bonds is 6. The predicted octanol–water partition coefficient (Wildman–Crippen LogP) is 2.10. The van der Waals surface area contributed by atoms with E-state index < -0.39 is 23.4 Å². The van der Waals surface area contributed by atoms with Crippen molar-refractivity contribution in [1.29, 1.82) is 0 Å². The van der Waals surface area contributed by atoms with E-state index in [9.17, 15) is 18.4 Å². The lowest BCUT2D eigenvalue weighted by Crippen LogP contribution is -2.42. The molecule has 0 unspecified atom stereocenters. The first-order valence-electron chi connectivity index (χ1n) is 5.84. The first kappa shape index (κ1) is 15.1. The van der Waals surface area contributed by atoms with Crippen molar-refractivity contribution in [2.75, 3.05) is 13.1 Å². The van der Waals surface area contributed by atoms with Crippen LogP contribution in [0.25, 0.3) is 0 Å². The average Bonchev–Trinajstić information content (AvgIpc) is 2.39. The summed E-state index contributed by atoms with van der Waals surface area (Å²) in [5.74, 6) is -6.15. The number of hydrogen-bond acceptors (Lipinski definition) is 2. The van der Waals surface area contributed by atoms with Crippen LogP contribution in [0.3, 0.4) is 0 Å². The Morgan fingerprint density at radius 2 is 1.84 bits per heavy atom. The Labute approximate surface area is 109 Å². The number of benzene rings is 1. The van der Waals surface area contributed by atoms with Gasteiger partial charge in [-0.2, -0.15) is 8.78 Å². The minimum atomic E-state index is -3.64. The number of carboxylic acid groups (broad SMARTS) is 1. The molecule has 0 atom stereocenters. The van der Waals surface area contributed by atoms with Gasteiger partial charge in [-0.25, -0.2) is 0 Å². The van der Waals surface area contributed by atoms with Gasteiger partial charge in [-0.1, -0.05) is 30.3 Å². The molecule has 4 nitrogen and oxygen atoms in total. The van der Waals surface area contributed by atoms with Gasteiger partial charge >= 0.3 is 11.9 Å². The molecule has 0 bridgehead atoms. The Morgan fingerprint density at radius 3 is 2.32 bits per heavy atom. The van der Waals surface area contributed by atoms with Gasteiger partial charge in [0.1, 0.15) is 0 Å². The summed E-state index contributed by atoms with van der Waals surface area (Å²) in [6, 6.07) is 6.76. The van der Waals surface area contributed by atoms with Gasteiger partial charge in [0.05, 0.1) is 6.42 Å². The Kier molecular flexibility index (Phi) is 4.97. The van der Waals surface area contributed by atoms with E-state index >= 15 is 0 Å². The van der Waals surface area contributed by atoms with E-state index in [-0.39, 0.29) is 19.5 Å². The number of carbonyl (C=O) groups excluding carboxylic acids is 1. The molecule has 1 N–H and O–H groups in total. The minimum absolute atomic E-state index is 0.0362. The fourth-order valence-corrected chi connectivity index (χ4v) is 1.60. The predicted molar refractivity (Wildman–Crippen MR) is 64.8 cm³/mol. The molecule has 1 amide bonds. The topological polar surface area (TPSA) is 57.6 Å². The van der Waals surface area contributed by atoms with Crippen LogP contribution in [0.4, 0.5) is 8.78 Å². The third kappa shape index (κ3) is 3.74.